The van der Waals surface area contributed by atoms with Gasteiger partial charge in [0.05, 0.1) is 10.7 Å². The lowest BCUT2D eigenvalue weighted by Crippen LogP contribution is -2.18. The molecule has 11 heteroatoms. The molecule has 2 N–H and O–H groups in total. The molecule has 1 aromatic heterocycles. The quantitative estimate of drug-likeness (QED) is 0.463. The van der Waals surface area contributed by atoms with E-state index in [-0.39, 0.29) is 23.2 Å². The average Bonchev–Trinajstić information content (AvgIpc) is 3.30. The van der Waals surface area contributed by atoms with Crippen LogP contribution in [0.5, 0.6) is 0 Å². The largest absolute Gasteiger partial charge is 0.344 e. The minimum absolute atomic E-state index is 0.0395. The normalized spacial score (nSPS) is 13.7. The summed E-state index contributed by atoms with van der Waals surface area (Å²) in [5.41, 5.74) is -0.903. The minimum Gasteiger partial charge on any atom is -0.325 e. The number of aromatic amines is 1. The first-order valence-corrected chi connectivity index (χ1v) is 7.98. The molecule has 1 amide bonds. The Balaban J connectivity index is 1.63. The van der Waals surface area contributed by atoms with Crippen LogP contribution >= 0.6 is 11.8 Å². The van der Waals surface area contributed by atoms with E-state index >= 15 is 0 Å². The van der Waals surface area contributed by atoms with Crippen LogP contribution in [0.1, 0.15) is 18.9 Å². The van der Waals surface area contributed by atoms with E-state index in [1.165, 1.54) is 10.6 Å². The summed E-state index contributed by atoms with van der Waals surface area (Å²) in [6, 6.07) is 3.23. The molecule has 0 bridgehead atoms. The fourth-order valence-electron chi connectivity index (χ4n) is 2.10. The molecule has 0 radical (unpaired) electrons. The van der Waals surface area contributed by atoms with Gasteiger partial charge in [0.2, 0.25) is 11.7 Å². The lowest BCUT2D eigenvalue weighted by molar-refractivity contribution is -0.387. The molecule has 24 heavy (non-hydrogen) atoms. The smallest absolute Gasteiger partial charge is 0.325 e. The number of aromatic nitrogens is 3. The zero-order chi connectivity index (χ0) is 17.3. The molecule has 126 valence electrons. The van der Waals surface area contributed by atoms with Crippen LogP contribution in [0.2, 0.25) is 0 Å². The van der Waals surface area contributed by atoms with Gasteiger partial charge in [-0.05, 0) is 25.0 Å². The molecule has 9 nitrogen and oxygen atoms in total. The number of halogens is 1. The van der Waals surface area contributed by atoms with Crippen LogP contribution in [0.25, 0.3) is 0 Å². The third-order valence-corrected chi connectivity index (χ3v) is 4.30. The number of nitrogens with one attached hydrogen (secondary N) is 2. The molecule has 0 atom stereocenters. The van der Waals surface area contributed by atoms with E-state index in [1.54, 1.807) is 0 Å². The lowest BCUT2D eigenvalue weighted by atomic mass is 10.2. The van der Waals surface area contributed by atoms with Crippen molar-refractivity contribution in [1.29, 1.82) is 0 Å². The van der Waals surface area contributed by atoms with Crippen LogP contribution in [-0.4, -0.2) is 31.3 Å². The van der Waals surface area contributed by atoms with Crippen molar-refractivity contribution >= 4 is 29.0 Å². The molecule has 3 rings (SSSR count). The molecule has 0 saturated heterocycles. The second-order valence-corrected chi connectivity index (χ2v) is 6.12. The van der Waals surface area contributed by atoms with E-state index in [0.29, 0.717) is 5.16 Å². The highest BCUT2D eigenvalue weighted by molar-refractivity contribution is 7.99. The molecule has 2 aromatic rings. The maximum Gasteiger partial charge on any atom is 0.344 e. The summed E-state index contributed by atoms with van der Waals surface area (Å²) in [5.74, 6) is -1.46. The van der Waals surface area contributed by atoms with Crippen molar-refractivity contribution in [3.05, 3.63) is 44.6 Å². The van der Waals surface area contributed by atoms with E-state index in [4.69, 9.17) is 0 Å². The molecule has 1 aromatic carbocycles. The zero-order valence-corrected chi connectivity index (χ0v) is 13.0. The highest BCUT2D eigenvalue weighted by atomic mass is 32.2. The van der Waals surface area contributed by atoms with Crippen LogP contribution in [0.4, 0.5) is 15.8 Å². The van der Waals surface area contributed by atoms with Gasteiger partial charge in [0.1, 0.15) is 0 Å². The van der Waals surface area contributed by atoms with Gasteiger partial charge >= 0.3 is 11.4 Å². The molecule has 0 aliphatic heterocycles. The first-order valence-electron chi connectivity index (χ1n) is 6.99. The van der Waals surface area contributed by atoms with Crippen LogP contribution in [0, 0.1) is 15.9 Å². The first-order chi connectivity index (χ1) is 11.5. The van der Waals surface area contributed by atoms with E-state index in [1.807, 2.05) is 0 Å². The summed E-state index contributed by atoms with van der Waals surface area (Å²) in [4.78, 5) is 33.4. The Labute approximate surface area is 138 Å². The molecular formula is C13H12FN5O4S. The highest BCUT2D eigenvalue weighted by Crippen LogP contribution is 2.36. The molecule has 0 spiro atoms. The van der Waals surface area contributed by atoms with Crippen LogP contribution in [0.15, 0.2) is 28.2 Å². The molecule has 1 aliphatic carbocycles. The van der Waals surface area contributed by atoms with Crippen molar-refractivity contribution in [2.75, 3.05) is 11.1 Å². The topological polar surface area (TPSA) is 123 Å². The second-order valence-electron chi connectivity index (χ2n) is 5.17. The Morgan fingerprint density at radius 1 is 1.54 bits per heavy atom. The van der Waals surface area contributed by atoms with E-state index in [2.05, 4.69) is 15.5 Å². The van der Waals surface area contributed by atoms with Crippen molar-refractivity contribution in [3.8, 4) is 0 Å². The molecule has 1 aliphatic rings. The van der Waals surface area contributed by atoms with Gasteiger partial charge in [0.15, 0.2) is 5.16 Å². The third-order valence-electron chi connectivity index (χ3n) is 3.34. The van der Waals surface area contributed by atoms with Crippen molar-refractivity contribution in [2.45, 2.75) is 24.0 Å². The number of thioether (sulfide) groups is 1. The predicted octanol–water partition coefficient (Wildman–Crippen LogP) is 1.68. The number of anilines is 1. The Hall–Kier alpha value is -2.69. The Kier molecular flexibility index (Phi) is 4.34. The summed E-state index contributed by atoms with van der Waals surface area (Å²) in [6.45, 7) is 0. The lowest BCUT2D eigenvalue weighted by Gasteiger charge is -2.06. The average molecular weight is 353 g/mol. The van der Waals surface area contributed by atoms with Gasteiger partial charge in [-0.2, -0.15) is 4.39 Å². The number of H-pyrrole nitrogens is 1. The summed E-state index contributed by atoms with van der Waals surface area (Å²) in [5, 5.41) is 19.8. The maximum atomic E-state index is 13.3. The Morgan fingerprint density at radius 3 is 2.96 bits per heavy atom. The number of hydrogen-bond donors (Lipinski definition) is 2. The number of nitro groups is 1. The fourth-order valence-corrected chi connectivity index (χ4v) is 2.92. The number of hydrogen-bond acceptors (Lipinski definition) is 6. The Bertz CT molecular complexity index is 860. The molecular weight excluding hydrogens is 341 g/mol. The summed E-state index contributed by atoms with van der Waals surface area (Å²) in [7, 11) is 0. The second kappa shape index (κ2) is 6.43. The summed E-state index contributed by atoms with van der Waals surface area (Å²) in [6.07, 6.45) is 1.80. The van der Waals surface area contributed by atoms with E-state index < -0.39 is 22.3 Å². The van der Waals surface area contributed by atoms with Gasteiger partial charge in [0.25, 0.3) is 0 Å². The monoisotopic (exact) mass is 353 g/mol. The van der Waals surface area contributed by atoms with E-state index in [9.17, 15) is 24.1 Å². The number of rotatable bonds is 6. The third kappa shape index (κ3) is 3.45. The maximum absolute atomic E-state index is 13.3. The van der Waals surface area contributed by atoms with Gasteiger partial charge in [-0.25, -0.2) is 9.89 Å². The minimum atomic E-state index is -0.975. The molecule has 1 saturated carbocycles. The van der Waals surface area contributed by atoms with Crippen molar-refractivity contribution in [2.24, 2.45) is 0 Å². The zero-order valence-electron chi connectivity index (χ0n) is 12.2. The standard InChI is InChI=1S/C13H12FN5O4S/c14-9-4-1-7(5-10(9)19(22)23)15-11(20)6-24-13-17-16-12(21)18(13)8-2-3-8/h1,4-5,8H,2-3,6H2,(H,15,20)(H,16,21). The van der Waals surface area contributed by atoms with Crippen molar-refractivity contribution in [3.63, 3.8) is 0 Å². The fraction of sp³-hybridized carbons (Fsp3) is 0.308. The van der Waals surface area contributed by atoms with Gasteiger partial charge in [-0.15, -0.1) is 5.10 Å². The number of amides is 1. The SMILES string of the molecule is O=C(CSc1n[nH]c(=O)n1C1CC1)Nc1ccc(F)c([N+](=O)[O-])c1. The summed E-state index contributed by atoms with van der Waals surface area (Å²) >= 11 is 1.08. The van der Waals surface area contributed by atoms with Crippen LogP contribution in [0.3, 0.4) is 0 Å². The van der Waals surface area contributed by atoms with Crippen LogP contribution in [-0.2, 0) is 4.79 Å². The number of carbonyl (C=O) groups excluding carboxylic acids is 1. The number of nitrogens with zero attached hydrogens (tertiary/aromatic N) is 3. The highest BCUT2D eigenvalue weighted by Gasteiger charge is 2.28. The number of benzene rings is 1. The summed E-state index contributed by atoms with van der Waals surface area (Å²) < 4.78 is 14.8. The molecule has 0 unspecified atom stereocenters. The van der Waals surface area contributed by atoms with Gasteiger partial charge in [-0.1, -0.05) is 11.8 Å². The molecule has 1 heterocycles. The molecule has 1 fully saturated rings. The van der Waals surface area contributed by atoms with Gasteiger partial charge in [-0.3, -0.25) is 19.5 Å². The van der Waals surface area contributed by atoms with Gasteiger partial charge in [0, 0.05) is 17.8 Å². The van der Waals surface area contributed by atoms with Crippen LogP contribution < -0.4 is 11.0 Å². The number of nitro benzene ring substituents is 1. The van der Waals surface area contributed by atoms with Crippen molar-refractivity contribution in [1.82, 2.24) is 14.8 Å². The van der Waals surface area contributed by atoms with E-state index in [0.717, 1.165) is 36.7 Å². The van der Waals surface area contributed by atoms with Gasteiger partial charge < -0.3 is 5.32 Å². The Morgan fingerprint density at radius 2 is 2.29 bits per heavy atom. The number of carbonyl (C=O) groups is 1. The first kappa shape index (κ1) is 16.2. The van der Waals surface area contributed by atoms with Crippen molar-refractivity contribution < 1.29 is 14.1 Å². The predicted molar refractivity (Wildman–Crippen MR) is 83.5 cm³/mol.